The van der Waals surface area contributed by atoms with Gasteiger partial charge in [0.05, 0.1) is 18.7 Å². The highest BCUT2D eigenvalue weighted by molar-refractivity contribution is 6.31. The van der Waals surface area contributed by atoms with E-state index in [0.29, 0.717) is 35.9 Å². The number of anilines is 1. The molecule has 8 nitrogen and oxygen atoms in total. The summed E-state index contributed by atoms with van der Waals surface area (Å²) in [7, 11) is 0. The summed E-state index contributed by atoms with van der Waals surface area (Å²) < 4.78 is 12.0. The van der Waals surface area contributed by atoms with Gasteiger partial charge in [-0.2, -0.15) is 0 Å². The van der Waals surface area contributed by atoms with Crippen LogP contribution >= 0.6 is 11.6 Å². The highest BCUT2D eigenvalue weighted by Crippen LogP contribution is 2.18. The van der Waals surface area contributed by atoms with Crippen molar-refractivity contribution in [3.63, 3.8) is 0 Å². The lowest BCUT2D eigenvalue weighted by Gasteiger charge is -2.27. The molecule has 4 rings (SSSR count). The maximum atomic E-state index is 12.2. The second-order valence-corrected chi connectivity index (χ2v) is 7.22. The Morgan fingerprint density at radius 2 is 2.03 bits per heavy atom. The lowest BCUT2D eigenvalue weighted by atomic mass is 10.2. The first kappa shape index (κ1) is 19.5. The molecular weight excluding hydrogens is 396 g/mol. The zero-order valence-electron chi connectivity index (χ0n) is 15.8. The van der Waals surface area contributed by atoms with Crippen LogP contribution in [0.2, 0.25) is 5.02 Å². The number of fused-ring (bicyclic) bond motifs is 1. The molecule has 2 aromatic heterocycles. The van der Waals surface area contributed by atoms with Crippen molar-refractivity contribution in [1.29, 1.82) is 0 Å². The molecule has 3 heterocycles. The number of ether oxygens (including phenoxy) is 1. The maximum Gasteiger partial charge on any atom is 0.419 e. The van der Waals surface area contributed by atoms with Crippen molar-refractivity contribution >= 4 is 34.4 Å². The van der Waals surface area contributed by atoms with Crippen molar-refractivity contribution in [2.45, 2.75) is 19.5 Å². The van der Waals surface area contributed by atoms with Crippen LogP contribution < -0.4 is 16.0 Å². The van der Waals surface area contributed by atoms with Gasteiger partial charge in [-0.05, 0) is 23.8 Å². The largest absolute Gasteiger partial charge is 0.419 e. The van der Waals surface area contributed by atoms with Crippen LogP contribution in [0.25, 0.3) is 11.1 Å². The summed E-state index contributed by atoms with van der Waals surface area (Å²) >= 11 is 5.91. The fourth-order valence-electron chi connectivity index (χ4n) is 3.26. The van der Waals surface area contributed by atoms with Crippen LogP contribution in [0.15, 0.2) is 45.7 Å². The molecule has 1 amide bonds. The summed E-state index contributed by atoms with van der Waals surface area (Å²) in [6, 6.07) is 8.89. The van der Waals surface area contributed by atoms with E-state index in [2.05, 4.69) is 15.2 Å². The van der Waals surface area contributed by atoms with Gasteiger partial charge in [0.1, 0.15) is 5.82 Å². The molecule has 3 aromatic rings. The Labute approximate surface area is 172 Å². The molecule has 0 unspecified atom stereocenters. The van der Waals surface area contributed by atoms with Gasteiger partial charge in [-0.15, -0.1) is 0 Å². The second-order valence-electron chi connectivity index (χ2n) is 6.78. The molecule has 1 fully saturated rings. The molecule has 0 radical (unpaired) electrons. The molecule has 9 heteroatoms. The molecule has 1 N–H and O–H groups in total. The normalized spacial score (nSPS) is 14.3. The quantitative estimate of drug-likeness (QED) is 0.662. The Hall–Kier alpha value is -2.84. The lowest BCUT2D eigenvalue weighted by molar-refractivity contribution is -0.121. The average Bonchev–Trinajstić information content (AvgIpc) is 3.05. The van der Waals surface area contributed by atoms with Gasteiger partial charge in [-0.3, -0.25) is 9.36 Å². The highest BCUT2D eigenvalue weighted by Gasteiger charge is 2.13. The number of morpholine rings is 1. The Balaban J connectivity index is 1.30. The number of aryl methyl sites for hydroxylation is 1. The van der Waals surface area contributed by atoms with E-state index < -0.39 is 5.76 Å². The minimum Gasteiger partial charge on any atom is -0.408 e. The standard InChI is InChI=1S/C20H21ClN4O4/c21-15-2-3-16-17(11-15)29-20(27)25(16)6-5-19(26)23-13-14-1-4-18(22-12-14)24-7-9-28-10-8-24/h1-4,11-12H,5-10,13H2,(H,23,26). The first-order chi connectivity index (χ1) is 14.1. The van der Waals surface area contributed by atoms with Crippen LogP contribution in [0.5, 0.6) is 0 Å². The number of hydrogen-bond donors (Lipinski definition) is 1. The smallest absolute Gasteiger partial charge is 0.408 e. The Morgan fingerprint density at radius 3 is 2.79 bits per heavy atom. The van der Waals surface area contributed by atoms with E-state index in [1.165, 1.54) is 4.57 Å². The van der Waals surface area contributed by atoms with Gasteiger partial charge in [0, 0.05) is 49.9 Å². The molecule has 1 saturated heterocycles. The van der Waals surface area contributed by atoms with Gasteiger partial charge in [0.15, 0.2) is 5.58 Å². The molecule has 0 atom stereocenters. The van der Waals surface area contributed by atoms with E-state index in [9.17, 15) is 9.59 Å². The number of carbonyl (C=O) groups is 1. The predicted octanol–water partition coefficient (Wildman–Crippen LogP) is 2.19. The second kappa shape index (κ2) is 8.67. The third kappa shape index (κ3) is 4.60. The SMILES string of the molecule is O=C(CCn1c(=O)oc2cc(Cl)ccc21)NCc1ccc(N2CCOCC2)nc1. The van der Waals surface area contributed by atoms with Gasteiger partial charge in [-0.25, -0.2) is 9.78 Å². The monoisotopic (exact) mass is 416 g/mol. The van der Waals surface area contributed by atoms with E-state index in [4.69, 9.17) is 20.8 Å². The summed E-state index contributed by atoms with van der Waals surface area (Å²) in [4.78, 5) is 30.9. The summed E-state index contributed by atoms with van der Waals surface area (Å²) in [6.45, 7) is 3.69. The van der Waals surface area contributed by atoms with E-state index >= 15 is 0 Å². The number of nitrogens with zero attached hydrogens (tertiary/aromatic N) is 3. The number of hydrogen-bond acceptors (Lipinski definition) is 6. The average molecular weight is 417 g/mol. The third-order valence-electron chi connectivity index (χ3n) is 4.83. The number of carbonyl (C=O) groups excluding carboxylic acids is 1. The van der Waals surface area contributed by atoms with Gasteiger partial charge in [-0.1, -0.05) is 17.7 Å². The van der Waals surface area contributed by atoms with Gasteiger partial charge in [0.2, 0.25) is 5.91 Å². The predicted molar refractivity (Wildman–Crippen MR) is 109 cm³/mol. The topological polar surface area (TPSA) is 89.6 Å². The van der Waals surface area contributed by atoms with Crippen molar-refractivity contribution in [2.24, 2.45) is 0 Å². The van der Waals surface area contributed by atoms with E-state index in [-0.39, 0.29) is 18.9 Å². The Bertz CT molecular complexity index is 1050. The number of nitrogens with one attached hydrogen (secondary N) is 1. The molecule has 29 heavy (non-hydrogen) atoms. The number of oxazole rings is 1. The molecule has 1 aliphatic heterocycles. The summed E-state index contributed by atoms with van der Waals surface area (Å²) in [5.41, 5.74) is 1.94. The molecule has 0 bridgehead atoms. The van der Waals surface area contributed by atoms with Gasteiger partial charge in [0.25, 0.3) is 0 Å². The van der Waals surface area contributed by atoms with Gasteiger partial charge >= 0.3 is 5.76 Å². The minimum absolute atomic E-state index is 0.155. The third-order valence-corrected chi connectivity index (χ3v) is 5.06. The number of rotatable bonds is 6. The van der Waals surface area contributed by atoms with Crippen LogP contribution in [0.3, 0.4) is 0 Å². The summed E-state index contributed by atoms with van der Waals surface area (Å²) in [5.74, 6) is 0.255. The fraction of sp³-hybridized carbons (Fsp3) is 0.350. The molecular formula is C20H21ClN4O4. The van der Waals surface area contributed by atoms with Crippen molar-refractivity contribution in [3.05, 3.63) is 57.7 Å². The van der Waals surface area contributed by atoms with Crippen LogP contribution in [0, 0.1) is 0 Å². The molecule has 0 spiro atoms. The molecule has 152 valence electrons. The molecule has 1 aromatic carbocycles. The number of benzene rings is 1. The number of amides is 1. The fourth-order valence-corrected chi connectivity index (χ4v) is 3.42. The Morgan fingerprint density at radius 1 is 1.21 bits per heavy atom. The molecule has 0 saturated carbocycles. The van der Waals surface area contributed by atoms with E-state index in [0.717, 1.165) is 24.5 Å². The molecule has 1 aliphatic rings. The number of halogens is 1. The summed E-state index contributed by atoms with van der Waals surface area (Å²) in [5, 5.41) is 3.35. The van der Waals surface area contributed by atoms with E-state index in [1.807, 2.05) is 12.1 Å². The molecule has 0 aliphatic carbocycles. The first-order valence-corrected chi connectivity index (χ1v) is 9.81. The number of aromatic nitrogens is 2. The van der Waals surface area contributed by atoms with Gasteiger partial charge < -0.3 is 19.4 Å². The first-order valence-electron chi connectivity index (χ1n) is 9.43. The maximum absolute atomic E-state index is 12.2. The lowest BCUT2D eigenvalue weighted by Crippen LogP contribution is -2.36. The summed E-state index contributed by atoms with van der Waals surface area (Å²) in [6.07, 6.45) is 1.93. The van der Waals surface area contributed by atoms with Crippen molar-refractivity contribution < 1.29 is 13.9 Å². The van der Waals surface area contributed by atoms with Crippen molar-refractivity contribution in [3.8, 4) is 0 Å². The number of pyridine rings is 1. The van der Waals surface area contributed by atoms with Crippen LogP contribution in [0.1, 0.15) is 12.0 Å². The van der Waals surface area contributed by atoms with Crippen LogP contribution in [-0.2, 0) is 22.6 Å². The highest BCUT2D eigenvalue weighted by atomic mass is 35.5. The Kier molecular flexibility index (Phi) is 5.82. The zero-order valence-corrected chi connectivity index (χ0v) is 16.5. The minimum atomic E-state index is -0.502. The van der Waals surface area contributed by atoms with Crippen LogP contribution in [-0.4, -0.2) is 41.8 Å². The van der Waals surface area contributed by atoms with Crippen LogP contribution in [0.4, 0.5) is 5.82 Å². The van der Waals surface area contributed by atoms with E-state index in [1.54, 1.807) is 24.4 Å². The van der Waals surface area contributed by atoms with Crippen molar-refractivity contribution in [2.75, 3.05) is 31.2 Å². The van der Waals surface area contributed by atoms with Crippen molar-refractivity contribution in [1.82, 2.24) is 14.9 Å². The zero-order chi connectivity index (χ0) is 20.2.